The first-order chi connectivity index (χ1) is 9.85. The summed E-state index contributed by atoms with van der Waals surface area (Å²) >= 11 is 5.96. The Morgan fingerprint density at radius 3 is 2.38 bits per heavy atom. The highest BCUT2D eigenvalue weighted by Gasteiger charge is 2.21. The summed E-state index contributed by atoms with van der Waals surface area (Å²) in [6, 6.07) is 4.87. The first kappa shape index (κ1) is 15.6. The number of rotatable bonds is 4. The monoisotopic (exact) mass is 326 g/mol. The molecule has 5 nitrogen and oxygen atoms in total. The first-order valence-corrected chi connectivity index (χ1v) is 7.99. The van der Waals surface area contributed by atoms with E-state index in [9.17, 15) is 8.42 Å². The molecule has 1 aromatic heterocycles. The quantitative estimate of drug-likeness (QED) is 0.937. The standard InChI is InChI=1S/C14H15ClN2O3S/c1-9-6-11(20-3)7-10(2)14(9)21(18,19)17-13-8-16-5-4-12(13)15/h4-8,17H,1-3H3. The lowest BCUT2D eigenvalue weighted by molar-refractivity contribution is 0.413. The Bertz CT molecular complexity index is 753. The Labute approximate surface area is 129 Å². The second-order valence-corrected chi connectivity index (χ2v) is 6.58. The molecule has 0 aliphatic rings. The number of aromatic nitrogens is 1. The number of methoxy groups -OCH3 is 1. The molecule has 0 saturated heterocycles. The number of nitrogens with one attached hydrogen (secondary N) is 1. The van der Waals surface area contributed by atoms with Crippen LogP contribution in [0.25, 0.3) is 0 Å². The van der Waals surface area contributed by atoms with Crippen molar-refractivity contribution in [2.45, 2.75) is 18.7 Å². The number of hydrogen-bond acceptors (Lipinski definition) is 4. The zero-order chi connectivity index (χ0) is 15.6. The molecule has 0 amide bonds. The van der Waals surface area contributed by atoms with Crippen LogP contribution < -0.4 is 9.46 Å². The average molecular weight is 327 g/mol. The number of anilines is 1. The van der Waals surface area contributed by atoms with Crippen LogP contribution in [0.5, 0.6) is 5.75 Å². The summed E-state index contributed by atoms with van der Waals surface area (Å²) in [5, 5.41) is 0.289. The second kappa shape index (κ2) is 5.91. The number of hydrogen-bond donors (Lipinski definition) is 1. The number of aryl methyl sites for hydroxylation is 2. The Morgan fingerprint density at radius 1 is 1.24 bits per heavy atom. The largest absolute Gasteiger partial charge is 0.497 e. The third-order valence-corrected chi connectivity index (χ3v) is 4.95. The minimum Gasteiger partial charge on any atom is -0.497 e. The van der Waals surface area contributed by atoms with Crippen LogP contribution in [0.2, 0.25) is 5.02 Å². The van der Waals surface area contributed by atoms with Crippen LogP contribution in [-0.4, -0.2) is 20.5 Å². The van der Waals surface area contributed by atoms with Gasteiger partial charge in [0.2, 0.25) is 0 Å². The molecule has 0 saturated carbocycles. The first-order valence-electron chi connectivity index (χ1n) is 6.12. The van der Waals surface area contributed by atoms with Crippen molar-refractivity contribution in [2.75, 3.05) is 11.8 Å². The highest BCUT2D eigenvalue weighted by atomic mass is 35.5. The molecular weight excluding hydrogens is 312 g/mol. The van der Waals surface area contributed by atoms with Gasteiger partial charge in [-0.3, -0.25) is 9.71 Å². The van der Waals surface area contributed by atoms with E-state index in [1.807, 2.05) is 0 Å². The molecule has 1 aromatic carbocycles. The van der Waals surface area contributed by atoms with Crippen LogP contribution >= 0.6 is 11.6 Å². The molecule has 21 heavy (non-hydrogen) atoms. The topological polar surface area (TPSA) is 68.3 Å². The zero-order valence-corrected chi connectivity index (χ0v) is 13.4. The lowest BCUT2D eigenvalue weighted by Gasteiger charge is -2.14. The molecule has 0 spiro atoms. The van der Waals surface area contributed by atoms with Gasteiger partial charge in [-0.2, -0.15) is 0 Å². The molecular formula is C14H15ClN2O3S. The summed E-state index contributed by atoms with van der Waals surface area (Å²) in [6.07, 6.45) is 2.86. The van der Waals surface area contributed by atoms with Gasteiger partial charge >= 0.3 is 0 Å². The van der Waals surface area contributed by atoms with E-state index in [-0.39, 0.29) is 15.6 Å². The van der Waals surface area contributed by atoms with Gasteiger partial charge in [0.25, 0.3) is 10.0 Å². The normalized spacial score (nSPS) is 11.2. The van der Waals surface area contributed by atoms with Crippen molar-refractivity contribution in [3.63, 3.8) is 0 Å². The van der Waals surface area contributed by atoms with Gasteiger partial charge in [-0.05, 0) is 43.2 Å². The summed E-state index contributed by atoms with van der Waals surface area (Å²) in [5.74, 6) is 0.614. The second-order valence-electron chi connectivity index (χ2n) is 4.55. The van der Waals surface area contributed by atoms with Crippen LogP contribution in [0.4, 0.5) is 5.69 Å². The van der Waals surface area contributed by atoms with Gasteiger partial charge in [0, 0.05) is 6.20 Å². The SMILES string of the molecule is COc1cc(C)c(S(=O)(=O)Nc2cnccc2Cl)c(C)c1. The summed E-state index contributed by atoms with van der Waals surface area (Å²) < 4.78 is 32.7. The molecule has 0 radical (unpaired) electrons. The molecule has 2 rings (SSSR count). The zero-order valence-electron chi connectivity index (χ0n) is 11.8. The molecule has 0 bridgehead atoms. The van der Waals surface area contributed by atoms with Crippen molar-refractivity contribution >= 4 is 27.3 Å². The van der Waals surface area contributed by atoms with Gasteiger partial charge in [0.1, 0.15) is 5.75 Å². The molecule has 112 valence electrons. The Hall–Kier alpha value is -1.79. The smallest absolute Gasteiger partial charge is 0.262 e. The molecule has 0 unspecified atom stereocenters. The van der Waals surface area contributed by atoms with Crippen LogP contribution in [0.1, 0.15) is 11.1 Å². The van der Waals surface area contributed by atoms with Crippen molar-refractivity contribution in [2.24, 2.45) is 0 Å². The van der Waals surface area contributed by atoms with Crippen molar-refractivity contribution in [1.82, 2.24) is 4.98 Å². The van der Waals surface area contributed by atoms with E-state index in [2.05, 4.69) is 9.71 Å². The third-order valence-electron chi connectivity index (χ3n) is 2.95. The minimum atomic E-state index is -3.75. The van der Waals surface area contributed by atoms with Gasteiger partial charge in [-0.15, -0.1) is 0 Å². The molecule has 0 aliphatic carbocycles. The van der Waals surface area contributed by atoms with Crippen molar-refractivity contribution in [1.29, 1.82) is 0 Å². The summed E-state index contributed by atoms with van der Waals surface area (Å²) in [6.45, 7) is 3.43. The van der Waals surface area contributed by atoms with Crippen LogP contribution in [0.15, 0.2) is 35.5 Å². The predicted molar refractivity (Wildman–Crippen MR) is 82.5 cm³/mol. The minimum absolute atomic E-state index is 0.211. The maximum atomic E-state index is 12.6. The Kier molecular flexibility index (Phi) is 4.39. The molecule has 7 heteroatoms. The van der Waals surface area contributed by atoms with Gasteiger partial charge < -0.3 is 4.74 Å². The Morgan fingerprint density at radius 2 is 1.86 bits per heavy atom. The lowest BCUT2D eigenvalue weighted by Crippen LogP contribution is -2.16. The van der Waals surface area contributed by atoms with E-state index >= 15 is 0 Å². The highest BCUT2D eigenvalue weighted by Crippen LogP contribution is 2.29. The molecule has 0 aliphatic heterocycles. The fraction of sp³-hybridized carbons (Fsp3) is 0.214. The fourth-order valence-electron chi connectivity index (χ4n) is 2.10. The van der Waals surface area contributed by atoms with Crippen molar-refractivity contribution in [3.05, 3.63) is 46.7 Å². The van der Waals surface area contributed by atoms with Crippen molar-refractivity contribution in [3.8, 4) is 5.75 Å². The molecule has 2 aromatic rings. The Balaban J connectivity index is 2.48. The number of benzene rings is 1. The summed E-state index contributed by atoms with van der Waals surface area (Å²) in [5.41, 5.74) is 1.44. The van der Waals surface area contributed by atoms with E-state index in [0.717, 1.165) is 0 Å². The number of nitrogens with zero attached hydrogens (tertiary/aromatic N) is 1. The molecule has 0 atom stereocenters. The van der Waals surface area contributed by atoms with Crippen LogP contribution in [0.3, 0.4) is 0 Å². The summed E-state index contributed by atoms with van der Waals surface area (Å²) in [4.78, 5) is 4.08. The van der Waals surface area contributed by atoms with Crippen LogP contribution in [-0.2, 0) is 10.0 Å². The number of sulfonamides is 1. The van der Waals surface area contributed by atoms with E-state index in [4.69, 9.17) is 16.3 Å². The van der Waals surface area contributed by atoms with E-state index in [0.29, 0.717) is 16.9 Å². The van der Waals surface area contributed by atoms with E-state index in [1.54, 1.807) is 26.0 Å². The predicted octanol–water partition coefficient (Wildman–Crippen LogP) is 3.16. The van der Waals surface area contributed by atoms with Gasteiger partial charge in [0.15, 0.2) is 0 Å². The van der Waals surface area contributed by atoms with Gasteiger partial charge in [0.05, 0.1) is 28.9 Å². The van der Waals surface area contributed by atoms with E-state index < -0.39 is 10.0 Å². The lowest BCUT2D eigenvalue weighted by atomic mass is 10.1. The number of pyridine rings is 1. The highest BCUT2D eigenvalue weighted by molar-refractivity contribution is 7.92. The number of halogens is 1. The van der Waals surface area contributed by atoms with E-state index in [1.165, 1.54) is 25.6 Å². The molecule has 1 heterocycles. The molecule has 1 N–H and O–H groups in total. The average Bonchev–Trinajstić information content (AvgIpc) is 2.40. The van der Waals surface area contributed by atoms with Gasteiger partial charge in [-0.25, -0.2) is 8.42 Å². The molecule has 0 fully saturated rings. The van der Waals surface area contributed by atoms with Crippen LogP contribution in [0, 0.1) is 13.8 Å². The maximum Gasteiger partial charge on any atom is 0.262 e. The maximum absolute atomic E-state index is 12.6. The van der Waals surface area contributed by atoms with Crippen molar-refractivity contribution < 1.29 is 13.2 Å². The third kappa shape index (κ3) is 3.28. The fourth-order valence-corrected chi connectivity index (χ4v) is 3.83. The van der Waals surface area contributed by atoms with Gasteiger partial charge in [-0.1, -0.05) is 11.6 Å². The number of ether oxygens (including phenoxy) is 1. The summed E-state index contributed by atoms with van der Waals surface area (Å²) in [7, 11) is -2.21.